The molecule has 1 aliphatic heterocycles. The quantitative estimate of drug-likeness (QED) is 0.146. The number of rotatable bonds is 6. The summed E-state index contributed by atoms with van der Waals surface area (Å²) < 4.78 is 0. The molecule has 8 amide bonds. The standard InChI is InChI=1S/C32H46N8O9S2/c1-4-18(2)28-32(49)36-12-25(43)38-22(10-20-8-6-5-7-9-20)30(47)34-11-26(44)39-23(29(33)46)16-50-14-21(42)15-51-17-24(37-19(3)41)31(48)35-13-27(45)40-28/h5-9,18,22-24,28H,4,10-17H2,1-3H3,(H2,33,46)(H,34,47)(H,35,48)(H,36,49)(H,37,41)(H,38,43)(H,39,44)(H,40,45)/t18-,22-,23-,24-,28-/m0/s1. The molecule has 1 aromatic carbocycles. The second-order valence-corrected chi connectivity index (χ2v) is 13.8. The molecule has 51 heavy (non-hydrogen) atoms. The molecule has 0 aliphatic carbocycles. The van der Waals surface area contributed by atoms with E-state index >= 15 is 0 Å². The van der Waals surface area contributed by atoms with E-state index in [4.69, 9.17) is 5.73 Å². The average Bonchev–Trinajstić information content (AvgIpc) is 3.09. The second kappa shape index (κ2) is 22.2. The van der Waals surface area contributed by atoms with Crippen molar-refractivity contribution in [3.63, 3.8) is 0 Å². The van der Waals surface area contributed by atoms with Gasteiger partial charge in [0.1, 0.15) is 24.2 Å². The highest BCUT2D eigenvalue weighted by Crippen LogP contribution is 2.10. The molecule has 1 fully saturated rings. The van der Waals surface area contributed by atoms with Gasteiger partial charge in [-0.05, 0) is 11.5 Å². The Kier molecular flexibility index (Phi) is 18.5. The lowest BCUT2D eigenvalue weighted by molar-refractivity contribution is -0.133. The highest BCUT2D eigenvalue weighted by Gasteiger charge is 2.29. The van der Waals surface area contributed by atoms with E-state index in [-0.39, 0.29) is 41.1 Å². The molecule has 0 saturated carbocycles. The van der Waals surface area contributed by atoms with Gasteiger partial charge in [-0.3, -0.25) is 43.2 Å². The van der Waals surface area contributed by atoms with Crippen molar-refractivity contribution >= 4 is 76.6 Å². The van der Waals surface area contributed by atoms with E-state index in [1.165, 1.54) is 6.92 Å². The van der Waals surface area contributed by atoms with Crippen LogP contribution in [0, 0.1) is 5.92 Å². The molecule has 2 rings (SSSR count). The van der Waals surface area contributed by atoms with Crippen LogP contribution in [0.25, 0.3) is 0 Å². The number of carbonyl (C=O) groups is 9. The third-order valence-electron chi connectivity index (χ3n) is 7.48. The van der Waals surface area contributed by atoms with Gasteiger partial charge in [-0.15, -0.1) is 0 Å². The van der Waals surface area contributed by atoms with Crippen LogP contribution < -0.4 is 43.0 Å². The van der Waals surface area contributed by atoms with Crippen molar-refractivity contribution in [1.82, 2.24) is 37.2 Å². The highest BCUT2D eigenvalue weighted by atomic mass is 32.2. The van der Waals surface area contributed by atoms with Gasteiger partial charge in [0.2, 0.25) is 47.3 Å². The Labute approximate surface area is 304 Å². The number of hydrogen-bond donors (Lipinski definition) is 8. The summed E-state index contributed by atoms with van der Waals surface area (Å²) in [4.78, 5) is 114. The smallest absolute Gasteiger partial charge is 0.243 e. The maximum atomic E-state index is 13.2. The number of benzene rings is 1. The molecule has 17 nitrogen and oxygen atoms in total. The molecule has 1 saturated heterocycles. The Morgan fingerprint density at radius 1 is 0.804 bits per heavy atom. The van der Waals surface area contributed by atoms with Gasteiger partial charge in [0.15, 0.2) is 5.78 Å². The first-order chi connectivity index (χ1) is 24.2. The third-order valence-corrected chi connectivity index (χ3v) is 9.67. The first kappa shape index (κ1) is 42.5. The van der Waals surface area contributed by atoms with E-state index in [0.717, 1.165) is 23.5 Å². The van der Waals surface area contributed by atoms with Crippen molar-refractivity contribution in [3.8, 4) is 0 Å². The van der Waals surface area contributed by atoms with E-state index in [0.29, 0.717) is 12.0 Å². The lowest BCUT2D eigenvalue weighted by atomic mass is 9.98. The lowest BCUT2D eigenvalue weighted by Crippen LogP contribution is -2.56. The molecule has 19 heteroatoms. The summed E-state index contributed by atoms with van der Waals surface area (Å²) in [5.74, 6) is -6.38. The topological polar surface area (TPSA) is 264 Å². The number of primary amides is 1. The maximum absolute atomic E-state index is 13.2. The fourth-order valence-corrected chi connectivity index (χ4v) is 6.56. The van der Waals surface area contributed by atoms with E-state index < -0.39 is 91.1 Å². The molecule has 0 unspecified atom stereocenters. The average molecular weight is 751 g/mol. The van der Waals surface area contributed by atoms with E-state index in [1.54, 1.807) is 44.2 Å². The fourth-order valence-electron chi connectivity index (χ4n) is 4.58. The third kappa shape index (κ3) is 16.3. The van der Waals surface area contributed by atoms with Gasteiger partial charge < -0.3 is 43.0 Å². The molecule has 9 N–H and O–H groups in total. The molecule has 280 valence electrons. The van der Waals surface area contributed by atoms with Gasteiger partial charge in [0, 0.05) is 24.9 Å². The minimum atomic E-state index is -1.16. The number of amides is 8. The number of nitrogens with one attached hydrogen (secondary N) is 7. The van der Waals surface area contributed by atoms with Gasteiger partial charge in [0.05, 0.1) is 31.1 Å². The van der Waals surface area contributed by atoms with Gasteiger partial charge in [-0.1, -0.05) is 50.6 Å². The largest absolute Gasteiger partial charge is 0.368 e. The van der Waals surface area contributed by atoms with Crippen LogP contribution in [0.3, 0.4) is 0 Å². The zero-order valence-electron chi connectivity index (χ0n) is 28.7. The first-order valence-electron chi connectivity index (χ1n) is 16.2. The Bertz CT molecular complexity index is 1430. The van der Waals surface area contributed by atoms with Crippen LogP contribution in [0.15, 0.2) is 30.3 Å². The van der Waals surface area contributed by atoms with E-state index in [9.17, 15) is 43.2 Å². The first-order valence-corrected chi connectivity index (χ1v) is 18.5. The van der Waals surface area contributed by atoms with Crippen LogP contribution in [0.5, 0.6) is 0 Å². The molecule has 5 atom stereocenters. The van der Waals surface area contributed by atoms with Crippen molar-refractivity contribution in [2.75, 3.05) is 42.6 Å². The summed E-state index contributed by atoms with van der Waals surface area (Å²) in [6.07, 6.45) is 0.518. The molecular formula is C32H46N8O9S2. The van der Waals surface area contributed by atoms with Gasteiger partial charge >= 0.3 is 0 Å². The zero-order chi connectivity index (χ0) is 37.9. The number of thioether (sulfide) groups is 2. The number of ketones is 1. The Balaban J connectivity index is 2.28. The zero-order valence-corrected chi connectivity index (χ0v) is 30.3. The van der Waals surface area contributed by atoms with Gasteiger partial charge in [-0.25, -0.2) is 0 Å². The second-order valence-electron chi connectivity index (χ2n) is 11.7. The van der Waals surface area contributed by atoms with Crippen molar-refractivity contribution in [3.05, 3.63) is 35.9 Å². The van der Waals surface area contributed by atoms with Crippen LogP contribution in [0.2, 0.25) is 0 Å². The monoisotopic (exact) mass is 750 g/mol. The molecular weight excluding hydrogens is 705 g/mol. The molecule has 0 radical (unpaired) electrons. The van der Waals surface area contributed by atoms with Crippen molar-refractivity contribution in [1.29, 1.82) is 0 Å². The Morgan fingerprint density at radius 3 is 1.94 bits per heavy atom. The number of nitrogens with two attached hydrogens (primary N) is 1. The summed E-state index contributed by atoms with van der Waals surface area (Å²) in [6.45, 7) is 3.10. The van der Waals surface area contributed by atoms with Crippen LogP contribution in [0.1, 0.15) is 32.8 Å². The van der Waals surface area contributed by atoms with Crippen LogP contribution in [-0.2, 0) is 49.6 Å². The minimum absolute atomic E-state index is 0.00129. The summed E-state index contributed by atoms with van der Waals surface area (Å²) >= 11 is 2.11. The van der Waals surface area contributed by atoms with E-state index in [2.05, 4.69) is 37.2 Å². The maximum Gasteiger partial charge on any atom is 0.243 e. The normalized spacial score (nSPS) is 23.6. The van der Waals surface area contributed by atoms with Crippen LogP contribution in [-0.4, -0.2) is 120 Å². The number of carbonyl (C=O) groups excluding carboxylic acids is 9. The summed E-state index contributed by atoms with van der Waals surface area (Å²) in [7, 11) is 0. The van der Waals surface area contributed by atoms with Crippen molar-refractivity contribution in [2.24, 2.45) is 11.7 Å². The van der Waals surface area contributed by atoms with Crippen molar-refractivity contribution < 1.29 is 43.2 Å². The molecule has 0 aromatic heterocycles. The molecule has 1 aliphatic rings. The molecule has 1 aromatic rings. The predicted octanol–water partition coefficient (Wildman–Crippen LogP) is -2.88. The fraction of sp³-hybridized carbons (Fsp3) is 0.531. The van der Waals surface area contributed by atoms with Crippen LogP contribution in [0.4, 0.5) is 0 Å². The molecule has 1 heterocycles. The lowest BCUT2D eigenvalue weighted by Gasteiger charge is -2.24. The van der Waals surface area contributed by atoms with Gasteiger partial charge in [-0.2, -0.15) is 23.5 Å². The molecule has 0 bridgehead atoms. The summed E-state index contributed by atoms with van der Waals surface area (Å²) in [5.41, 5.74) is 6.13. The summed E-state index contributed by atoms with van der Waals surface area (Å²) in [6, 6.07) is 4.27. The SMILES string of the molecule is CC[C@H](C)[C@@H]1NC(=O)CNC(=O)[C@@H](NC(C)=O)CSCC(=O)CSC[C@@H](C(N)=O)NC(=O)CNC(=O)[C@H](Cc2ccccc2)NC(=O)CNC1=O. The Morgan fingerprint density at radius 2 is 1.35 bits per heavy atom. The van der Waals surface area contributed by atoms with Crippen LogP contribution >= 0.6 is 23.5 Å². The number of hydrogen-bond acceptors (Lipinski definition) is 11. The summed E-state index contributed by atoms with van der Waals surface area (Å²) in [5, 5.41) is 17.4. The number of Topliss-reactive ketones (excluding diaryl/α,β-unsaturated/α-hetero) is 1. The molecule has 0 spiro atoms. The van der Waals surface area contributed by atoms with Gasteiger partial charge in [0.25, 0.3) is 0 Å². The Hall–Kier alpha value is -4.65. The highest BCUT2D eigenvalue weighted by molar-refractivity contribution is 8.01. The van der Waals surface area contributed by atoms with Crippen molar-refractivity contribution in [2.45, 2.75) is 57.8 Å². The predicted molar refractivity (Wildman–Crippen MR) is 191 cm³/mol. The van der Waals surface area contributed by atoms with E-state index in [1.807, 2.05) is 0 Å². The minimum Gasteiger partial charge on any atom is -0.368 e.